The number of nitrogens with zero attached hydrogens (tertiary/aromatic N) is 2. The summed E-state index contributed by atoms with van der Waals surface area (Å²) < 4.78 is 5.22. The third-order valence-corrected chi connectivity index (χ3v) is 4.50. The lowest BCUT2D eigenvalue weighted by Crippen LogP contribution is -2.24. The van der Waals surface area contributed by atoms with Gasteiger partial charge in [0.1, 0.15) is 17.3 Å². The molecule has 2 aromatic carbocycles. The van der Waals surface area contributed by atoms with E-state index < -0.39 is 0 Å². The van der Waals surface area contributed by atoms with E-state index in [4.69, 9.17) is 16.3 Å². The highest BCUT2D eigenvalue weighted by Crippen LogP contribution is 2.15. The number of hydrogen-bond donors (Lipinski definition) is 2. The maximum absolute atomic E-state index is 12.2. The monoisotopic (exact) mass is 396 g/mol. The fourth-order valence-electron chi connectivity index (χ4n) is 2.61. The summed E-state index contributed by atoms with van der Waals surface area (Å²) in [7, 11) is 1.65. The molecule has 0 bridgehead atoms. The van der Waals surface area contributed by atoms with Crippen molar-refractivity contribution < 1.29 is 9.53 Å². The van der Waals surface area contributed by atoms with E-state index in [0.29, 0.717) is 23.9 Å². The van der Waals surface area contributed by atoms with E-state index in [1.165, 1.54) is 6.20 Å². The number of nitrogens with one attached hydrogen (secondary N) is 2. The molecule has 3 rings (SSSR count). The van der Waals surface area contributed by atoms with Crippen LogP contribution >= 0.6 is 11.6 Å². The van der Waals surface area contributed by atoms with Gasteiger partial charge < -0.3 is 15.4 Å². The quantitative estimate of drug-likeness (QED) is 0.606. The van der Waals surface area contributed by atoms with Gasteiger partial charge in [0.05, 0.1) is 19.5 Å². The normalized spacial score (nSPS) is 10.4. The van der Waals surface area contributed by atoms with Gasteiger partial charge in [-0.2, -0.15) is 0 Å². The Hall–Kier alpha value is -3.12. The lowest BCUT2D eigenvalue weighted by atomic mass is 10.1. The number of carbonyl (C=O) groups excluding carboxylic acids is 1. The van der Waals surface area contributed by atoms with Crippen molar-refractivity contribution in [3.8, 4) is 5.75 Å². The van der Waals surface area contributed by atoms with Gasteiger partial charge in [-0.3, -0.25) is 4.79 Å². The Kier molecular flexibility index (Phi) is 6.81. The molecule has 0 spiro atoms. The summed E-state index contributed by atoms with van der Waals surface area (Å²) in [5.74, 6) is 1.16. The third kappa shape index (κ3) is 5.44. The highest BCUT2D eigenvalue weighted by molar-refractivity contribution is 6.31. The van der Waals surface area contributed by atoms with E-state index in [1.807, 2.05) is 42.5 Å². The largest absolute Gasteiger partial charge is 0.497 e. The van der Waals surface area contributed by atoms with Gasteiger partial charge in [-0.15, -0.1) is 0 Å². The maximum atomic E-state index is 12.2. The van der Waals surface area contributed by atoms with Gasteiger partial charge in [-0.1, -0.05) is 41.9 Å². The number of methoxy groups -OCH3 is 1. The standard InChI is InChI=1S/C21H21ClN4O2/c1-28-17-7-4-5-15(11-17)9-10-23-20-14-24-19(13-25-20)21(27)26-12-16-6-2-3-8-18(16)22/h2-8,11,13-14H,9-10,12H2,1H3,(H,23,25)(H,26,27). The van der Waals surface area contributed by atoms with Gasteiger partial charge in [-0.25, -0.2) is 9.97 Å². The summed E-state index contributed by atoms with van der Waals surface area (Å²) in [6.45, 7) is 1.03. The van der Waals surface area contributed by atoms with Crippen molar-refractivity contribution in [1.82, 2.24) is 15.3 Å². The first-order valence-corrected chi connectivity index (χ1v) is 9.24. The zero-order chi connectivity index (χ0) is 19.8. The predicted octanol–water partition coefficient (Wildman–Crippen LogP) is 3.72. The molecule has 0 fully saturated rings. The van der Waals surface area contributed by atoms with E-state index in [0.717, 1.165) is 23.3 Å². The molecule has 1 amide bonds. The van der Waals surface area contributed by atoms with Crippen molar-refractivity contribution >= 4 is 23.3 Å². The summed E-state index contributed by atoms with van der Waals surface area (Å²) in [6.07, 6.45) is 3.82. The first-order valence-electron chi connectivity index (χ1n) is 8.86. The minimum absolute atomic E-state index is 0.255. The molecule has 3 aromatic rings. The van der Waals surface area contributed by atoms with Crippen LogP contribution in [0.15, 0.2) is 60.9 Å². The molecule has 144 valence electrons. The fourth-order valence-corrected chi connectivity index (χ4v) is 2.81. The van der Waals surface area contributed by atoms with Crippen molar-refractivity contribution in [2.45, 2.75) is 13.0 Å². The average Bonchev–Trinajstić information content (AvgIpc) is 2.73. The van der Waals surface area contributed by atoms with Crippen molar-refractivity contribution in [3.05, 3.63) is 82.8 Å². The first-order chi connectivity index (χ1) is 13.7. The summed E-state index contributed by atoms with van der Waals surface area (Å²) >= 11 is 6.09. The highest BCUT2D eigenvalue weighted by Gasteiger charge is 2.09. The Morgan fingerprint density at radius 2 is 1.96 bits per heavy atom. The second-order valence-corrected chi connectivity index (χ2v) is 6.50. The Bertz CT molecular complexity index is 932. The van der Waals surface area contributed by atoms with Crippen LogP contribution in [-0.2, 0) is 13.0 Å². The van der Waals surface area contributed by atoms with Crippen LogP contribution in [0.4, 0.5) is 5.82 Å². The molecule has 1 aromatic heterocycles. The van der Waals surface area contributed by atoms with Crippen molar-refractivity contribution in [3.63, 3.8) is 0 Å². The maximum Gasteiger partial charge on any atom is 0.271 e. The summed E-state index contributed by atoms with van der Waals surface area (Å²) in [6, 6.07) is 15.3. The molecule has 0 atom stereocenters. The van der Waals surface area contributed by atoms with Gasteiger partial charge in [-0.05, 0) is 35.7 Å². The molecular weight excluding hydrogens is 376 g/mol. The smallest absolute Gasteiger partial charge is 0.271 e. The van der Waals surface area contributed by atoms with Gasteiger partial charge in [0.2, 0.25) is 0 Å². The number of anilines is 1. The van der Waals surface area contributed by atoms with Crippen LogP contribution in [0.2, 0.25) is 5.02 Å². The molecule has 0 unspecified atom stereocenters. The van der Waals surface area contributed by atoms with Crippen molar-refractivity contribution in [1.29, 1.82) is 0 Å². The van der Waals surface area contributed by atoms with Crippen LogP contribution in [-0.4, -0.2) is 29.5 Å². The fraction of sp³-hybridized carbons (Fsp3) is 0.190. The van der Waals surface area contributed by atoms with Crippen molar-refractivity contribution in [2.75, 3.05) is 19.0 Å². The van der Waals surface area contributed by atoms with Crippen LogP contribution in [0.3, 0.4) is 0 Å². The number of rotatable bonds is 8. The second-order valence-electron chi connectivity index (χ2n) is 6.09. The van der Waals surface area contributed by atoms with Gasteiger partial charge in [0, 0.05) is 18.1 Å². The summed E-state index contributed by atoms with van der Waals surface area (Å²) in [5, 5.41) is 6.61. The zero-order valence-corrected chi connectivity index (χ0v) is 16.2. The second kappa shape index (κ2) is 9.71. The van der Waals surface area contributed by atoms with Crippen LogP contribution in [0.1, 0.15) is 21.6 Å². The molecule has 0 aliphatic carbocycles. The Morgan fingerprint density at radius 3 is 2.71 bits per heavy atom. The number of benzene rings is 2. The minimum atomic E-state index is -0.296. The summed E-state index contributed by atoms with van der Waals surface area (Å²) in [5.41, 5.74) is 2.27. The molecular formula is C21H21ClN4O2. The zero-order valence-electron chi connectivity index (χ0n) is 15.5. The minimum Gasteiger partial charge on any atom is -0.497 e. The topological polar surface area (TPSA) is 76.1 Å². The predicted molar refractivity (Wildman–Crippen MR) is 110 cm³/mol. The Balaban J connectivity index is 1.48. The van der Waals surface area contributed by atoms with Crippen LogP contribution < -0.4 is 15.4 Å². The van der Waals surface area contributed by atoms with E-state index >= 15 is 0 Å². The number of aromatic nitrogens is 2. The Labute approximate surface area is 168 Å². The lowest BCUT2D eigenvalue weighted by molar-refractivity contribution is 0.0945. The van der Waals surface area contributed by atoms with Crippen LogP contribution in [0.25, 0.3) is 0 Å². The molecule has 0 aliphatic heterocycles. The molecule has 0 aliphatic rings. The third-order valence-electron chi connectivity index (χ3n) is 4.14. The van der Waals surface area contributed by atoms with E-state index in [2.05, 4.69) is 20.6 Å². The van der Waals surface area contributed by atoms with Gasteiger partial charge >= 0.3 is 0 Å². The number of carbonyl (C=O) groups is 1. The van der Waals surface area contributed by atoms with Crippen LogP contribution in [0, 0.1) is 0 Å². The molecule has 2 N–H and O–H groups in total. The number of ether oxygens (including phenoxy) is 1. The number of halogens is 1. The SMILES string of the molecule is COc1cccc(CCNc2cnc(C(=O)NCc3ccccc3Cl)cn2)c1. The van der Waals surface area contributed by atoms with Gasteiger partial charge in [0.15, 0.2) is 0 Å². The van der Waals surface area contributed by atoms with E-state index in [-0.39, 0.29) is 11.6 Å². The first kappa shape index (κ1) is 19.6. The highest BCUT2D eigenvalue weighted by atomic mass is 35.5. The van der Waals surface area contributed by atoms with Crippen LogP contribution in [0.5, 0.6) is 5.75 Å². The molecule has 1 heterocycles. The number of hydrogen-bond acceptors (Lipinski definition) is 5. The average molecular weight is 397 g/mol. The van der Waals surface area contributed by atoms with Gasteiger partial charge in [0.25, 0.3) is 5.91 Å². The molecule has 6 nitrogen and oxygen atoms in total. The number of amides is 1. The van der Waals surface area contributed by atoms with E-state index in [1.54, 1.807) is 19.4 Å². The molecule has 0 saturated carbocycles. The van der Waals surface area contributed by atoms with E-state index in [9.17, 15) is 4.79 Å². The molecule has 0 radical (unpaired) electrons. The molecule has 0 saturated heterocycles. The van der Waals surface area contributed by atoms with Crippen molar-refractivity contribution in [2.24, 2.45) is 0 Å². The Morgan fingerprint density at radius 1 is 1.11 bits per heavy atom. The lowest BCUT2D eigenvalue weighted by Gasteiger charge is -2.08. The molecule has 7 heteroatoms. The molecule has 28 heavy (non-hydrogen) atoms. The summed E-state index contributed by atoms with van der Waals surface area (Å²) in [4.78, 5) is 20.6.